The smallest absolute Gasteiger partial charge is 0.195 e. The second kappa shape index (κ2) is 12.1. The first-order valence-electron chi connectivity index (χ1n) is 10.6. The first-order chi connectivity index (χ1) is 14.8. The molecule has 0 spiro atoms. The monoisotopic (exact) mass is 541 g/mol. The highest BCUT2D eigenvalue weighted by Gasteiger charge is 2.16. The summed E-state index contributed by atoms with van der Waals surface area (Å²) in [7, 11) is 0. The van der Waals surface area contributed by atoms with Crippen molar-refractivity contribution in [3.63, 3.8) is 0 Å². The van der Waals surface area contributed by atoms with E-state index < -0.39 is 0 Å². The minimum Gasteiger partial charge on any atom is -0.490 e. The van der Waals surface area contributed by atoms with Crippen molar-refractivity contribution < 1.29 is 18.6 Å². The zero-order chi connectivity index (χ0) is 20.6. The van der Waals surface area contributed by atoms with E-state index in [2.05, 4.69) is 15.6 Å². The van der Waals surface area contributed by atoms with Gasteiger partial charge in [-0.25, -0.2) is 4.39 Å². The quantitative estimate of drug-likeness (QED) is 0.323. The Morgan fingerprint density at radius 3 is 2.68 bits per heavy atom. The second-order valence-electron chi connectivity index (χ2n) is 7.43. The molecular weight excluding hydrogens is 512 g/mol. The van der Waals surface area contributed by atoms with Crippen LogP contribution in [0, 0.1) is 5.82 Å². The molecule has 0 amide bonds. The Kier molecular flexibility index (Phi) is 9.20. The average Bonchev–Trinajstić information content (AvgIpc) is 3.17. The zero-order valence-electron chi connectivity index (χ0n) is 17.4. The van der Waals surface area contributed by atoms with Crippen LogP contribution in [0.25, 0.3) is 0 Å². The van der Waals surface area contributed by atoms with Gasteiger partial charge in [-0.15, -0.1) is 24.0 Å². The fourth-order valence-electron chi connectivity index (χ4n) is 3.52. The van der Waals surface area contributed by atoms with E-state index in [1.54, 1.807) is 12.1 Å². The van der Waals surface area contributed by atoms with Crippen molar-refractivity contribution in [3.05, 3.63) is 53.8 Å². The number of ether oxygens (including phenoxy) is 3. The third-order valence-electron chi connectivity index (χ3n) is 5.13. The van der Waals surface area contributed by atoms with E-state index in [4.69, 9.17) is 14.2 Å². The van der Waals surface area contributed by atoms with Crippen molar-refractivity contribution in [2.75, 3.05) is 38.2 Å². The number of halogens is 2. The van der Waals surface area contributed by atoms with Gasteiger partial charge in [0.15, 0.2) is 17.5 Å². The fourth-order valence-corrected chi connectivity index (χ4v) is 3.52. The van der Waals surface area contributed by atoms with Crippen molar-refractivity contribution in [2.45, 2.75) is 31.8 Å². The molecule has 0 bridgehead atoms. The SMILES string of the molecule is Fc1ccccc1CCNC(=NCC1CCCO1)Nc1ccc2c(c1)OCCCO2.I. The maximum Gasteiger partial charge on any atom is 0.195 e. The Balaban J connectivity index is 0.00000272. The van der Waals surface area contributed by atoms with E-state index in [-0.39, 0.29) is 35.9 Å². The number of rotatable bonds is 6. The van der Waals surface area contributed by atoms with Crippen LogP contribution in [0.1, 0.15) is 24.8 Å². The van der Waals surface area contributed by atoms with Crippen molar-refractivity contribution in [1.82, 2.24) is 5.32 Å². The van der Waals surface area contributed by atoms with E-state index in [9.17, 15) is 4.39 Å². The molecule has 0 aliphatic carbocycles. The Morgan fingerprint density at radius 1 is 1.03 bits per heavy atom. The molecule has 1 atom stereocenters. The van der Waals surface area contributed by atoms with Gasteiger partial charge in [0.2, 0.25) is 0 Å². The topological polar surface area (TPSA) is 64.1 Å². The van der Waals surface area contributed by atoms with Crippen LogP contribution in [0.2, 0.25) is 0 Å². The van der Waals surface area contributed by atoms with Gasteiger partial charge in [-0.3, -0.25) is 4.99 Å². The lowest BCUT2D eigenvalue weighted by atomic mass is 10.1. The third kappa shape index (κ3) is 6.96. The van der Waals surface area contributed by atoms with Crippen molar-refractivity contribution >= 4 is 35.6 Å². The van der Waals surface area contributed by atoms with Gasteiger partial charge in [-0.05, 0) is 43.0 Å². The van der Waals surface area contributed by atoms with E-state index in [0.717, 1.165) is 43.1 Å². The van der Waals surface area contributed by atoms with Crippen LogP contribution >= 0.6 is 24.0 Å². The van der Waals surface area contributed by atoms with Crippen LogP contribution < -0.4 is 20.1 Å². The molecule has 1 unspecified atom stereocenters. The predicted octanol–water partition coefficient (Wildman–Crippen LogP) is 4.38. The average molecular weight is 541 g/mol. The highest BCUT2D eigenvalue weighted by atomic mass is 127. The first kappa shape index (κ1) is 23.6. The number of hydrogen-bond acceptors (Lipinski definition) is 4. The lowest BCUT2D eigenvalue weighted by Crippen LogP contribution is -2.33. The van der Waals surface area contributed by atoms with Gasteiger partial charge in [0.05, 0.1) is 25.9 Å². The molecule has 2 aliphatic heterocycles. The second-order valence-corrected chi connectivity index (χ2v) is 7.43. The van der Waals surface area contributed by atoms with Gasteiger partial charge in [0, 0.05) is 31.3 Å². The summed E-state index contributed by atoms with van der Waals surface area (Å²) in [6, 6.07) is 12.6. The summed E-state index contributed by atoms with van der Waals surface area (Å²) in [5, 5.41) is 6.63. The van der Waals surface area contributed by atoms with Gasteiger partial charge < -0.3 is 24.8 Å². The van der Waals surface area contributed by atoms with E-state index in [0.29, 0.717) is 44.2 Å². The number of benzene rings is 2. The summed E-state index contributed by atoms with van der Waals surface area (Å²) in [5.41, 5.74) is 1.53. The number of hydrogen-bond donors (Lipinski definition) is 2. The molecule has 4 rings (SSSR count). The van der Waals surface area contributed by atoms with Gasteiger partial charge in [0.25, 0.3) is 0 Å². The number of nitrogens with one attached hydrogen (secondary N) is 2. The van der Waals surface area contributed by atoms with Crippen molar-refractivity contribution in [2.24, 2.45) is 4.99 Å². The summed E-state index contributed by atoms with van der Waals surface area (Å²) < 4.78 is 31.0. The van der Waals surface area contributed by atoms with Crippen molar-refractivity contribution in [3.8, 4) is 11.5 Å². The molecule has 0 saturated carbocycles. The molecule has 6 nitrogen and oxygen atoms in total. The number of fused-ring (bicyclic) bond motifs is 1. The number of aliphatic imine (C=N–C) groups is 1. The minimum absolute atomic E-state index is 0. The molecule has 2 heterocycles. The minimum atomic E-state index is -0.187. The van der Waals surface area contributed by atoms with Gasteiger partial charge in [-0.2, -0.15) is 0 Å². The van der Waals surface area contributed by atoms with Crippen LogP contribution in [0.4, 0.5) is 10.1 Å². The molecule has 2 N–H and O–H groups in total. The number of guanidine groups is 1. The third-order valence-corrected chi connectivity index (χ3v) is 5.13. The highest BCUT2D eigenvalue weighted by molar-refractivity contribution is 14.0. The maximum absolute atomic E-state index is 13.9. The molecule has 8 heteroatoms. The summed E-state index contributed by atoms with van der Waals surface area (Å²) in [6.07, 6.45) is 3.68. The summed E-state index contributed by atoms with van der Waals surface area (Å²) in [6.45, 7) is 3.23. The van der Waals surface area contributed by atoms with E-state index in [1.165, 1.54) is 6.07 Å². The molecule has 0 radical (unpaired) electrons. The Hall–Kier alpha value is -2.07. The van der Waals surface area contributed by atoms with Crippen LogP contribution in [-0.2, 0) is 11.2 Å². The Morgan fingerprint density at radius 2 is 1.87 bits per heavy atom. The molecule has 2 aromatic carbocycles. The van der Waals surface area contributed by atoms with E-state index in [1.807, 2.05) is 24.3 Å². The van der Waals surface area contributed by atoms with Crippen molar-refractivity contribution in [1.29, 1.82) is 0 Å². The summed E-state index contributed by atoms with van der Waals surface area (Å²) in [5.74, 6) is 1.93. The predicted molar refractivity (Wildman–Crippen MR) is 130 cm³/mol. The Labute approximate surface area is 199 Å². The lowest BCUT2D eigenvalue weighted by Gasteiger charge is -2.15. The molecule has 0 aromatic heterocycles. The summed E-state index contributed by atoms with van der Waals surface area (Å²) >= 11 is 0. The van der Waals surface area contributed by atoms with Gasteiger partial charge in [0.1, 0.15) is 5.82 Å². The molecule has 31 heavy (non-hydrogen) atoms. The number of nitrogens with zero attached hydrogens (tertiary/aromatic N) is 1. The van der Waals surface area contributed by atoms with E-state index >= 15 is 0 Å². The molecule has 168 valence electrons. The maximum atomic E-state index is 13.9. The van der Waals surface area contributed by atoms with Crippen LogP contribution in [0.5, 0.6) is 11.5 Å². The first-order valence-corrected chi connectivity index (χ1v) is 10.6. The lowest BCUT2D eigenvalue weighted by molar-refractivity contribution is 0.118. The van der Waals surface area contributed by atoms with Crippen LogP contribution in [0.3, 0.4) is 0 Å². The molecule has 1 fully saturated rings. The molecule has 2 aliphatic rings. The van der Waals surface area contributed by atoms with Gasteiger partial charge in [-0.1, -0.05) is 18.2 Å². The standard InChI is InChI=1S/C23H28FN3O3.HI/c24-20-7-2-1-5-17(20)10-11-25-23(26-16-19-6-3-12-28-19)27-18-8-9-21-22(15-18)30-14-4-13-29-21;/h1-2,5,7-9,15,19H,3-4,6,10-14,16H2,(H2,25,26,27);1H. The van der Waals surface area contributed by atoms with Crippen LogP contribution in [-0.4, -0.2) is 45.0 Å². The normalized spacial score (nSPS) is 18.1. The highest BCUT2D eigenvalue weighted by Crippen LogP contribution is 2.32. The molecule has 2 aromatic rings. The molecular formula is C23H29FIN3O3. The van der Waals surface area contributed by atoms with Gasteiger partial charge >= 0.3 is 0 Å². The zero-order valence-corrected chi connectivity index (χ0v) is 19.8. The fraction of sp³-hybridized carbons (Fsp3) is 0.435. The largest absolute Gasteiger partial charge is 0.490 e. The molecule has 1 saturated heterocycles. The summed E-state index contributed by atoms with van der Waals surface area (Å²) in [4.78, 5) is 4.69. The van der Waals surface area contributed by atoms with Crippen LogP contribution in [0.15, 0.2) is 47.5 Å². The number of anilines is 1. The Bertz CT molecular complexity index is 875.